The third-order valence-electron chi connectivity index (χ3n) is 1.61. The predicted octanol–water partition coefficient (Wildman–Crippen LogP) is 0.940. The van der Waals surface area contributed by atoms with Crippen LogP contribution in [0, 0.1) is 7.05 Å². The molecule has 2 N–H and O–H groups in total. The number of benzene rings is 1. The Morgan fingerprint density at radius 3 is 2.50 bits per heavy atom. The molecule has 0 atom stereocenters. The van der Waals surface area contributed by atoms with Crippen LogP contribution in [0.2, 0.25) is 0 Å². The Bertz CT molecular complexity index is 193. The molecule has 0 saturated heterocycles. The molecule has 66 valence electrons. The van der Waals surface area contributed by atoms with E-state index in [1.54, 1.807) is 0 Å². The molecule has 12 heavy (non-hydrogen) atoms. The van der Waals surface area contributed by atoms with Crippen LogP contribution < -0.4 is 10.1 Å². The molecule has 0 spiro atoms. The molecule has 1 rings (SSSR count). The average molecular weight is 165 g/mol. The first-order chi connectivity index (χ1) is 5.86. The van der Waals surface area contributed by atoms with E-state index in [0.717, 1.165) is 18.9 Å². The van der Waals surface area contributed by atoms with Gasteiger partial charge in [-0.15, -0.1) is 0 Å². The summed E-state index contributed by atoms with van der Waals surface area (Å²) >= 11 is 0. The fraction of sp³-hybridized carbons (Fsp3) is 0.300. The molecule has 0 bridgehead atoms. The summed E-state index contributed by atoms with van der Waals surface area (Å²) in [6.07, 6.45) is 0. The number of hydrogen-bond acceptors (Lipinski definition) is 1. The Morgan fingerprint density at radius 2 is 2.00 bits per heavy atom. The van der Waals surface area contributed by atoms with Gasteiger partial charge in [0.05, 0.1) is 13.2 Å². The van der Waals surface area contributed by atoms with Gasteiger partial charge < -0.3 is 10.1 Å². The topological polar surface area (TPSA) is 25.8 Å². The smallest absolute Gasteiger partial charge is 0.119 e. The summed E-state index contributed by atoms with van der Waals surface area (Å²) < 4.78 is 5.31. The first-order valence-electron chi connectivity index (χ1n) is 4.19. The monoisotopic (exact) mass is 165 g/mol. The van der Waals surface area contributed by atoms with Crippen LogP contribution in [-0.2, 0) is 6.54 Å². The normalized spacial score (nSPS) is 9.83. The molecule has 0 radical (unpaired) electrons. The summed E-state index contributed by atoms with van der Waals surface area (Å²) in [6, 6.07) is 8.10. The van der Waals surface area contributed by atoms with E-state index in [-0.39, 0.29) is 0 Å². The largest absolute Gasteiger partial charge is 0.494 e. The maximum Gasteiger partial charge on any atom is 0.119 e. The maximum atomic E-state index is 5.31. The van der Waals surface area contributed by atoms with E-state index in [9.17, 15) is 0 Å². The Morgan fingerprint density at radius 1 is 1.33 bits per heavy atom. The third-order valence-corrected chi connectivity index (χ3v) is 1.61. The zero-order valence-electron chi connectivity index (χ0n) is 7.42. The fourth-order valence-electron chi connectivity index (χ4n) is 1.06. The highest BCUT2D eigenvalue weighted by Crippen LogP contribution is 2.10. The van der Waals surface area contributed by atoms with Gasteiger partial charge in [-0.05, 0) is 31.2 Å². The van der Waals surface area contributed by atoms with Crippen molar-refractivity contribution in [2.24, 2.45) is 0 Å². The van der Waals surface area contributed by atoms with E-state index in [1.165, 1.54) is 5.56 Å². The van der Waals surface area contributed by atoms with Crippen LogP contribution in [0.3, 0.4) is 0 Å². The van der Waals surface area contributed by atoms with Crippen molar-refractivity contribution in [3.8, 4) is 5.75 Å². The van der Waals surface area contributed by atoms with Gasteiger partial charge >= 0.3 is 0 Å². The molecule has 0 unspecified atom stereocenters. The second-order valence-corrected chi connectivity index (χ2v) is 2.57. The van der Waals surface area contributed by atoms with E-state index in [0.29, 0.717) is 0 Å². The van der Waals surface area contributed by atoms with Crippen molar-refractivity contribution in [1.82, 2.24) is 0 Å². The Hall–Kier alpha value is -1.02. The van der Waals surface area contributed by atoms with Crippen LogP contribution in [0.1, 0.15) is 12.5 Å². The van der Waals surface area contributed by atoms with Gasteiger partial charge in [0.15, 0.2) is 0 Å². The minimum absolute atomic E-state index is 0.723. The lowest BCUT2D eigenvalue weighted by Crippen LogP contribution is -2.74. The first kappa shape index (κ1) is 9.07. The molecule has 0 saturated carbocycles. The molecular weight excluding hydrogens is 150 g/mol. The molecule has 2 nitrogen and oxygen atoms in total. The van der Waals surface area contributed by atoms with Crippen LogP contribution in [0.15, 0.2) is 24.3 Å². The van der Waals surface area contributed by atoms with Crippen LogP contribution >= 0.6 is 0 Å². The van der Waals surface area contributed by atoms with E-state index in [4.69, 9.17) is 4.74 Å². The summed E-state index contributed by atoms with van der Waals surface area (Å²) in [5.41, 5.74) is 1.27. The summed E-state index contributed by atoms with van der Waals surface area (Å²) in [5, 5.41) is 1.90. The van der Waals surface area contributed by atoms with E-state index in [2.05, 4.69) is 19.2 Å². The van der Waals surface area contributed by atoms with Crippen molar-refractivity contribution in [2.45, 2.75) is 13.5 Å². The summed E-state index contributed by atoms with van der Waals surface area (Å²) in [6.45, 7) is 3.63. The minimum atomic E-state index is 0.723. The van der Waals surface area contributed by atoms with Gasteiger partial charge in [0.25, 0.3) is 0 Å². The van der Waals surface area contributed by atoms with Crippen molar-refractivity contribution in [3.05, 3.63) is 36.9 Å². The van der Waals surface area contributed by atoms with E-state index in [1.807, 2.05) is 24.4 Å². The highest BCUT2D eigenvalue weighted by molar-refractivity contribution is 5.26. The lowest BCUT2D eigenvalue weighted by Gasteiger charge is -2.04. The zero-order valence-corrected chi connectivity index (χ0v) is 7.42. The number of ether oxygens (including phenoxy) is 1. The summed E-state index contributed by atoms with van der Waals surface area (Å²) in [5.74, 6) is 0.935. The van der Waals surface area contributed by atoms with Crippen LogP contribution in [0.25, 0.3) is 0 Å². The van der Waals surface area contributed by atoms with Gasteiger partial charge in [0.1, 0.15) is 5.75 Å². The summed E-state index contributed by atoms with van der Waals surface area (Å²) in [4.78, 5) is 0. The molecule has 1 aromatic carbocycles. The van der Waals surface area contributed by atoms with Crippen molar-refractivity contribution >= 4 is 0 Å². The quantitative estimate of drug-likeness (QED) is 0.660. The maximum absolute atomic E-state index is 5.31. The highest BCUT2D eigenvalue weighted by Gasteiger charge is 1.92. The highest BCUT2D eigenvalue weighted by atomic mass is 16.5. The standard InChI is InChI=1S/C10H15NO/c1-3-12-10-6-4-9(5-7-10)8-11-2/h4-7H,2-3,8,11H2,1H3. The SMILES string of the molecule is [CH2-][NH2+]Cc1ccc(OCC)cc1. The van der Waals surface area contributed by atoms with Crippen LogP contribution in [-0.4, -0.2) is 6.61 Å². The Balaban J connectivity index is 2.58. The van der Waals surface area contributed by atoms with Gasteiger partial charge in [-0.25, -0.2) is 0 Å². The second kappa shape index (κ2) is 4.78. The Kier molecular flexibility index (Phi) is 3.61. The molecule has 0 aliphatic carbocycles. The third kappa shape index (κ3) is 2.55. The van der Waals surface area contributed by atoms with Gasteiger partial charge in [0, 0.05) is 5.56 Å². The zero-order chi connectivity index (χ0) is 8.81. The molecule has 0 fully saturated rings. The number of rotatable bonds is 4. The van der Waals surface area contributed by atoms with Crippen molar-refractivity contribution in [3.63, 3.8) is 0 Å². The molecule has 2 heteroatoms. The molecule has 0 amide bonds. The minimum Gasteiger partial charge on any atom is -0.494 e. The molecule has 0 aromatic heterocycles. The van der Waals surface area contributed by atoms with E-state index >= 15 is 0 Å². The van der Waals surface area contributed by atoms with Crippen LogP contribution in [0.5, 0.6) is 5.75 Å². The average Bonchev–Trinajstić information content (AvgIpc) is 2.09. The predicted molar refractivity (Wildman–Crippen MR) is 48.6 cm³/mol. The molecule has 0 aliphatic heterocycles. The molecule has 0 heterocycles. The molecule has 1 aromatic rings. The van der Waals surface area contributed by atoms with Gasteiger partial charge in [-0.1, -0.05) is 0 Å². The molecule has 0 aliphatic rings. The van der Waals surface area contributed by atoms with Gasteiger partial charge in [-0.2, -0.15) is 7.05 Å². The number of quaternary nitrogens is 1. The first-order valence-corrected chi connectivity index (χ1v) is 4.19. The number of hydrogen-bond donors (Lipinski definition) is 1. The lowest BCUT2D eigenvalue weighted by atomic mass is 10.2. The fourth-order valence-corrected chi connectivity index (χ4v) is 1.06. The van der Waals surface area contributed by atoms with Crippen molar-refractivity contribution < 1.29 is 10.1 Å². The van der Waals surface area contributed by atoms with Gasteiger partial charge in [0.2, 0.25) is 0 Å². The lowest BCUT2D eigenvalue weighted by molar-refractivity contribution is -0.612. The Labute approximate surface area is 73.6 Å². The van der Waals surface area contributed by atoms with E-state index < -0.39 is 0 Å². The van der Waals surface area contributed by atoms with Crippen LogP contribution in [0.4, 0.5) is 0 Å². The van der Waals surface area contributed by atoms with Crippen molar-refractivity contribution in [2.75, 3.05) is 6.61 Å². The van der Waals surface area contributed by atoms with Gasteiger partial charge in [-0.3, -0.25) is 0 Å². The molecular formula is C10H15NO. The second-order valence-electron chi connectivity index (χ2n) is 2.57. The summed E-state index contributed by atoms with van der Waals surface area (Å²) in [7, 11) is 3.68. The van der Waals surface area contributed by atoms with Crippen molar-refractivity contribution in [1.29, 1.82) is 0 Å². The number of nitrogens with two attached hydrogens (primary N) is 1.